The van der Waals surface area contributed by atoms with E-state index in [1.165, 1.54) is 0 Å². The molecule has 19 heavy (non-hydrogen) atoms. The normalized spacial score (nSPS) is 11.2. The van der Waals surface area contributed by atoms with Crippen LogP contribution in [0.5, 0.6) is 0 Å². The molecule has 114 valence electrons. The van der Waals surface area contributed by atoms with Crippen LogP contribution in [0, 0.1) is 15.3 Å². The van der Waals surface area contributed by atoms with Crippen LogP contribution in [0.25, 0.3) is 0 Å². The van der Waals surface area contributed by atoms with Crippen molar-refractivity contribution in [2.24, 2.45) is 0 Å². The Hall–Kier alpha value is -2.51. The Morgan fingerprint density at radius 1 is 1.05 bits per heavy atom. The number of hydrogen-bond donors (Lipinski definition) is 5. The maximum Gasteiger partial charge on any atom is 0.336 e. The molecular weight excluding hydrogens is 274 g/mol. The van der Waals surface area contributed by atoms with Gasteiger partial charge in [0.1, 0.15) is 0 Å². The van der Waals surface area contributed by atoms with Crippen molar-refractivity contribution in [1.29, 1.82) is 0 Å². The van der Waals surface area contributed by atoms with Gasteiger partial charge in [0, 0.05) is 12.4 Å². The lowest BCUT2D eigenvalue weighted by Crippen LogP contribution is -2.45. The molecule has 1 atom stereocenters. The first-order valence-electron chi connectivity index (χ1n) is 3.70. The SMILES string of the molecule is O=C([O-])CC(O)(CC(=O)O)C(=O)O.O=[N+]([O-])[O-].[NH4+].[NH4+]. The second-order valence-electron chi connectivity index (χ2n) is 2.68. The molecule has 0 spiro atoms. The van der Waals surface area contributed by atoms with E-state index in [0.717, 1.165) is 0 Å². The molecule has 0 aromatic heterocycles. The summed E-state index contributed by atoms with van der Waals surface area (Å²) in [5.74, 6) is -5.34. The van der Waals surface area contributed by atoms with E-state index in [1.807, 2.05) is 0 Å². The van der Waals surface area contributed by atoms with Gasteiger partial charge in [0.2, 0.25) is 0 Å². The van der Waals surface area contributed by atoms with Crippen molar-refractivity contribution in [3.8, 4) is 0 Å². The van der Waals surface area contributed by atoms with Crippen LogP contribution in [0.1, 0.15) is 12.8 Å². The highest BCUT2D eigenvalue weighted by Crippen LogP contribution is 2.15. The summed E-state index contributed by atoms with van der Waals surface area (Å²) < 4.78 is 0. The highest BCUT2D eigenvalue weighted by molar-refractivity contribution is 5.87. The summed E-state index contributed by atoms with van der Waals surface area (Å²) in [5, 5.41) is 50.3. The quantitative estimate of drug-likeness (QED) is 0.272. The van der Waals surface area contributed by atoms with E-state index < -0.39 is 41.4 Å². The third-order valence-corrected chi connectivity index (χ3v) is 1.28. The monoisotopic (exact) mass is 289 g/mol. The molecule has 0 aliphatic heterocycles. The molecule has 11 N–H and O–H groups in total. The second-order valence-corrected chi connectivity index (χ2v) is 2.68. The van der Waals surface area contributed by atoms with Crippen LogP contribution in [0.15, 0.2) is 0 Å². The minimum Gasteiger partial charge on any atom is -0.550 e. The van der Waals surface area contributed by atoms with E-state index in [-0.39, 0.29) is 12.3 Å². The van der Waals surface area contributed by atoms with Crippen molar-refractivity contribution in [2.75, 3.05) is 0 Å². The minimum atomic E-state index is -2.80. The second kappa shape index (κ2) is 10.6. The Kier molecular flexibility index (Phi) is 14.2. The minimum absolute atomic E-state index is 0. The van der Waals surface area contributed by atoms with Crippen LogP contribution in [0.4, 0.5) is 0 Å². The molecule has 0 aromatic carbocycles. The van der Waals surface area contributed by atoms with Crippen molar-refractivity contribution in [2.45, 2.75) is 18.4 Å². The number of carbonyl (C=O) groups is 3. The standard InChI is InChI=1S/C6H8O7.NO3.2H3N/c7-3(8)1-6(13,5(11)12)2-4(9)10;2-1(3)4;;/h13H,1-2H2,(H,7,8)(H,9,10)(H,11,12);;2*1H3/q;-1;;/p+1. The van der Waals surface area contributed by atoms with Crippen molar-refractivity contribution in [1.82, 2.24) is 12.3 Å². The van der Waals surface area contributed by atoms with E-state index in [1.54, 1.807) is 0 Å². The maximum atomic E-state index is 10.3. The molecule has 0 bridgehead atoms. The number of aliphatic hydroxyl groups is 1. The highest BCUT2D eigenvalue weighted by atomic mass is 16.9. The fourth-order valence-corrected chi connectivity index (χ4v) is 0.703. The highest BCUT2D eigenvalue weighted by Gasteiger charge is 2.38. The van der Waals surface area contributed by atoms with E-state index in [0.29, 0.717) is 0 Å². The van der Waals surface area contributed by atoms with Gasteiger partial charge in [0.15, 0.2) is 5.60 Å². The number of nitrogens with zero attached hydrogens (tertiary/aromatic N) is 1. The Labute approximate surface area is 105 Å². The van der Waals surface area contributed by atoms with Gasteiger partial charge in [-0.05, 0) is 0 Å². The predicted molar refractivity (Wildman–Crippen MR) is 56.8 cm³/mol. The number of quaternary nitrogens is 2. The third-order valence-electron chi connectivity index (χ3n) is 1.28. The number of aliphatic carboxylic acids is 3. The smallest absolute Gasteiger partial charge is 0.336 e. The Balaban J connectivity index is -0.000000165. The lowest BCUT2D eigenvalue weighted by atomic mass is 9.96. The zero-order chi connectivity index (χ0) is 14.2. The first-order chi connectivity index (χ1) is 7.51. The van der Waals surface area contributed by atoms with Gasteiger partial charge in [-0.1, -0.05) is 0 Å². The molecule has 0 heterocycles. The summed E-state index contributed by atoms with van der Waals surface area (Å²) >= 11 is 0. The summed E-state index contributed by atoms with van der Waals surface area (Å²) in [4.78, 5) is 38.6. The van der Waals surface area contributed by atoms with Crippen molar-refractivity contribution >= 4 is 17.9 Å². The molecule has 0 rings (SSSR count). The molecule has 0 radical (unpaired) electrons. The zero-order valence-electron chi connectivity index (χ0n) is 10.1. The molecule has 0 aromatic rings. The molecule has 0 aliphatic carbocycles. The number of carboxylic acid groups (broad SMARTS) is 3. The van der Waals surface area contributed by atoms with E-state index in [2.05, 4.69) is 0 Å². The molecule has 0 saturated carbocycles. The summed E-state index contributed by atoms with van der Waals surface area (Å²) in [6.45, 7) is 0. The van der Waals surface area contributed by atoms with E-state index >= 15 is 0 Å². The van der Waals surface area contributed by atoms with Crippen LogP contribution >= 0.6 is 0 Å². The molecule has 0 aliphatic rings. The Morgan fingerprint density at radius 3 is 1.53 bits per heavy atom. The Bertz CT molecular complexity index is 309. The fraction of sp³-hybridized carbons (Fsp3) is 0.500. The van der Waals surface area contributed by atoms with Crippen molar-refractivity contribution in [3.05, 3.63) is 15.3 Å². The summed E-state index contributed by atoms with van der Waals surface area (Å²) in [6, 6.07) is 0. The fourth-order valence-electron chi connectivity index (χ4n) is 0.703. The number of hydrogen-bond acceptors (Lipinski definition) is 8. The number of carbonyl (C=O) groups excluding carboxylic acids is 1. The summed E-state index contributed by atoms with van der Waals surface area (Å²) in [7, 11) is 0. The third kappa shape index (κ3) is 15.5. The van der Waals surface area contributed by atoms with Gasteiger partial charge in [-0.2, -0.15) is 0 Å². The van der Waals surface area contributed by atoms with Gasteiger partial charge in [0.25, 0.3) is 0 Å². The first kappa shape index (κ1) is 25.4. The molecule has 13 nitrogen and oxygen atoms in total. The average molecular weight is 289 g/mol. The van der Waals surface area contributed by atoms with Crippen molar-refractivity contribution in [3.63, 3.8) is 0 Å². The van der Waals surface area contributed by atoms with Gasteiger partial charge in [0.05, 0.1) is 11.5 Å². The van der Waals surface area contributed by atoms with Crippen LogP contribution in [0.2, 0.25) is 0 Å². The summed E-state index contributed by atoms with van der Waals surface area (Å²) in [5.41, 5.74) is -2.80. The van der Waals surface area contributed by atoms with Crippen LogP contribution < -0.4 is 17.4 Å². The maximum absolute atomic E-state index is 10.3. The predicted octanol–water partition coefficient (Wildman–Crippen LogP) is -2.07. The van der Waals surface area contributed by atoms with Gasteiger partial charge in [-0.3, -0.25) is 4.79 Å². The van der Waals surface area contributed by atoms with Crippen LogP contribution in [-0.2, 0) is 14.4 Å². The van der Waals surface area contributed by atoms with Gasteiger partial charge < -0.3 is 52.8 Å². The topological polar surface area (TPSA) is 274 Å². The molecule has 1 unspecified atom stereocenters. The molecule has 0 amide bonds. The van der Waals surface area contributed by atoms with Gasteiger partial charge >= 0.3 is 11.9 Å². The van der Waals surface area contributed by atoms with E-state index in [4.69, 9.17) is 30.6 Å². The van der Waals surface area contributed by atoms with Crippen LogP contribution in [0.3, 0.4) is 0 Å². The average Bonchev–Trinajstić information content (AvgIpc) is 1.98. The largest absolute Gasteiger partial charge is 0.550 e. The first-order valence-corrected chi connectivity index (χ1v) is 3.70. The van der Waals surface area contributed by atoms with E-state index in [9.17, 15) is 19.5 Å². The molecule has 13 heteroatoms. The van der Waals surface area contributed by atoms with Crippen LogP contribution in [-0.4, -0.2) is 43.9 Å². The number of carboxylic acids is 3. The van der Waals surface area contributed by atoms with Gasteiger partial charge in [-0.25, -0.2) is 4.79 Å². The van der Waals surface area contributed by atoms with Crippen molar-refractivity contribution < 1.29 is 39.9 Å². The molecule has 0 fully saturated rings. The lowest BCUT2D eigenvalue weighted by molar-refractivity contribution is -0.402. The zero-order valence-corrected chi connectivity index (χ0v) is 10.1. The molecular formula is C6H15N3O10. The molecule has 0 saturated heterocycles. The summed E-state index contributed by atoms with van der Waals surface area (Å²) in [6.07, 6.45) is -2.44. The Morgan fingerprint density at radius 2 is 1.37 bits per heavy atom. The van der Waals surface area contributed by atoms with Gasteiger partial charge in [-0.15, -0.1) is 0 Å². The number of rotatable bonds is 5. The lowest BCUT2D eigenvalue weighted by Gasteiger charge is -2.21.